The third-order valence-electron chi connectivity index (χ3n) is 9.14. The Bertz CT molecular complexity index is 765. The van der Waals surface area contributed by atoms with Crippen molar-refractivity contribution in [3.8, 4) is 0 Å². The second kappa shape index (κ2) is 6.29. The van der Waals surface area contributed by atoms with E-state index < -0.39 is 0 Å². The zero-order chi connectivity index (χ0) is 18.8. The van der Waals surface area contributed by atoms with Crippen LogP contribution in [0.25, 0.3) is 6.08 Å². The van der Waals surface area contributed by atoms with Crippen LogP contribution in [0.4, 0.5) is 0 Å². The van der Waals surface area contributed by atoms with Gasteiger partial charge in [-0.15, -0.1) is 11.3 Å². The van der Waals surface area contributed by atoms with E-state index in [2.05, 4.69) is 37.4 Å². The number of aliphatic hydroxyl groups is 1. The number of rotatable bonds is 1. The first kappa shape index (κ1) is 18.1. The molecule has 4 aliphatic rings. The molecule has 0 saturated heterocycles. The van der Waals surface area contributed by atoms with Gasteiger partial charge in [0.15, 0.2) is 5.78 Å². The number of ketones is 1. The lowest BCUT2D eigenvalue weighted by molar-refractivity contribution is -0.141. The Labute approximate surface area is 167 Å². The van der Waals surface area contributed by atoms with Gasteiger partial charge in [-0.25, -0.2) is 0 Å². The number of hydrogen-bond acceptors (Lipinski definition) is 3. The third kappa shape index (κ3) is 2.64. The Hall–Kier alpha value is -0.930. The molecule has 7 atom stereocenters. The van der Waals surface area contributed by atoms with Crippen molar-refractivity contribution in [1.82, 2.24) is 0 Å². The monoisotopic (exact) mass is 384 g/mol. The van der Waals surface area contributed by atoms with Crippen molar-refractivity contribution in [3.05, 3.63) is 28.0 Å². The van der Waals surface area contributed by atoms with Crippen molar-refractivity contribution in [2.45, 2.75) is 71.3 Å². The van der Waals surface area contributed by atoms with E-state index in [-0.39, 0.29) is 11.5 Å². The van der Waals surface area contributed by atoms with Crippen LogP contribution in [0.1, 0.15) is 70.1 Å². The Kier molecular flexibility index (Phi) is 4.22. The average Bonchev–Trinajstić information content (AvgIpc) is 3.24. The van der Waals surface area contributed by atoms with E-state index in [0.29, 0.717) is 29.0 Å². The van der Waals surface area contributed by atoms with E-state index in [1.807, 2.05) is 0 Å². The summed E-state index contributed by atoms with van der Waals surface area (Å²) in [6, 6.07) is 4.19. The van der Waals surface area contributed by atoms with Gasteiger partial charge in [0.1, 0.15) is 0 Å². The molecule has 0 spiro atoms. The highest BCUT2D eigenvalue weighted by Crippen LogP contribution is 2.66. The van der Waals surface area contributed by atoms with E-state index in [0.717, 1.165) is 37.2 Å². The Morgan fingerprint density at radius 1 is 1.15 bits per heavy atom. The second-order valence-corrected chi connectivity index (χ2v) is 11.2. The van der Waals surface area contributed by atoms with Crippen LogP contribution in [0.15, 0.2) is 23.1 Å². The highest BCUT2D eigenvalue weighted by atomic mass is 32.1. The highest BCUT2D eigenvalue weighted by molar-refractivity contribution is 7.10. The number of carbonyl (C=O) groups excluding carboxylic acids is 1. The minimum absolute atomic E-state index is 0.0816. The van der Waals surface area contributed by atoms with Gasteiger partial charge in [0, 0.05) is 10.3 Å². The summed E-state index contributed by atoms with van der Waals surface area (Å²) in [4.78, 5) is 14.6. The van der Waals surface area contributed by atoms with Crippen LogP contribution in [-0.4, -0.2) is 17.0 Å². The first-order valence-corrected chi connectivity index (χ1v) is 11.8. The number of carbonyl (C=O) groups is 1. The standard InChI is InChI=1S/C24H32O2S/c1-23-9-7-17(25)14-16(23)5-6-19-20(23)8-10-24(2)21(19)13-15(22(24)26)12-18-4-3-11-27-18/h3-4,11-12,16-17,19-21,25H,5-10,13-14H2,1-2H3/b15-12+/t16-,17+,19+,20-,21-,23-,24-/m0/s1. The SMILES string of the molecule is C[C@]12CC[C@@H](O)C[C@@H]1CC[C@@H]1[C@@H]2CC[C@]2(C)C(=O)/C(=C/c3cccs3)C[C@@H]12. The van der Waals surface area contributed by atoms with Crippen LogP contribution in [0.2, 0.25) is 0 Å². The molecule has 0 aliphatic heterocycles. The van der Waals surface area contributed by atoms with Gasteiger partial charge in [0.25, 0.3) is 0 Å². The van der Waals surface area contributed by atoms with E-state index in [9.17, 15) is 9.90 Å². The first-order valence-electron chi connectivity index (χ1n) is 10.9. The predicted octanol–water partition coefficient (Wildman–Crippen LogP) is 5.71. The van der Waals surface area contributed by atoms with Gasteiger partial charge in [-0.05, 0) is 104 Å². The zero-order valence-corrected chi connectivity index (χ0v) is 17.4. The van der Waals surface area contributed by atoms with Crippen molar-refractivity contribution < 1.29 is 9.90 Å². The van der Waals surface area contributed by atoms with Crippen molar-refractivity contribution in [2.24, 2.45) is 34.5 Å². The molecule has 0 aromatic carbocycles. The number of aliphatic hydroxyl groups excluding tert-OH is 1. The zero-order valence-electron chi connectivity index (χ0n) is 16.6. The van der Waals surface area contributed by atoms with E-state index in [1.54, 1.807) is 11.3 Å². The normalized spacial score (nSPS) is 48.2. The van der Waals surface area contributed by atoms with Crippen LogP contribution in [0.3, 0.4) is 0 Å². The fraction of sp³-hybridized carbons (Fsp3) is 0.708. The van der Waals surface area contributed by atoms with Gasteiger partial charge in [-0.1, -0.05) is 19.9 Å². The number of Topliss-reactive ketones (excluding diaryl/α,β-unsaturated/α-hetero) is 1. The first-order chi connectivity index (χ1) is 12.9. The van der Waals surface area contributed by atoms with Gasteiger partial charge >= 0.3 is 0 Å². The molecule has 5 rings (SSSR count). The summed E-state index contributed by atoms with van der Waals surface area (Å²) in [5, 5.41) is 12.3. The molecule has 4 fully saturated rings. The van der Waals surface area contributed by atoms with Crippen LogP contribution in [0.5, 0.6) is 0 Å². The van der Waals surface area contributed by atoms with Crippen LogP contribution in [0, 0.1) is 34.5 Å². The Balaban J connectivity index is 1.46. The maximum atomic E-state index is 13.4. The van der Waals surface area contributed by atoms with Crippen LogP contribution < -0.4 is 0 Å². The number of fused-ring (bicyclic) bond motifs is 5. The van der Waals surface area contributed by atoms with Crippen molar-refractivity contribution in [2.75, 3.05) is 0 Å². The molecule has 0 radical (unpaired) electrons. The van der Waals surface area contributed by atoms with Gasteiger partial charge < -0.3 is 5.11 Å². The molecule has 146 valence electrons. The molecule has 1 aromatic heterocycles. The summed E-state index contributed by atoms with van der Waals surface area (Å²) in [6.45, 7) is 4.78. The topological polar surface area (TPSA) is 37.3 Å². The lowest BCUT2D eigenvalue weighted by atomic mass is 9.45. The molecule has 4 aliphatic carbocycles. The van der Waals surface area contributed by atoms with Gasteiger partial charge in [-0.3, -0.25) is 4.79 Å². The highest BCUT2D eigenvalue weighted by Gasteiger charge is 2.61. The van der Waals surface area contributed by atoms with E-state index >= 15 is 0 Å². The summed E-state index contributed by atoms with van der Waals surface area (Å²) < 4.78 is 0. The minimum Gasteiger partial charge on any atom is -0.393 e. The van der Waals surface area contributed by atoms with Crippen molar-refractivity contribution in [3.63, 3.8) is 0 Å². The molecule has 0 bridgehead atoms. The van der Waals surface area contributed by atoms with Crippen molar-refractivity contribution in [1.29, 1.82) is 0 Å². The molecule has 1 aromatic rings. The maximum absolute atomic E-state index is 13.4. The van der Waals surface area contributed by atoms with Crippen LogP contribution in [-0.2, 0) is 4.79 Å². The lowest BCUT2D eigenvalue weighted by Gasteiger charge is -2.59. The molecule has 0 unspecified atom stereocenters. The molecule has 2 nitrogen and oxygen atoms in total. The summed E-state index contributed by atoms with van der Waals surface area (Å²) in [7, 11) is 0. The summed E-state index contributed by atoms with van der Waals surface area (Å²) in [6.07, 6.45) is 11.0. The molecule has 1 heterocycles. The smallest absolute Gasteiger partial charge is 0.165 e. The molecular weight excluding hydrogens is 352 g/mol. The number of thiophene rings is 1. The minimum atomic E-state index is -0.137. The largest absolute Gasteiger partial charge is 0.393 e. The van der Waals surface area contributed by atoms with E-state index in [4.69, 9.17) is 0 Å². The molecule has 4 saturated carbocycles. The summed E-state index contributed by atoms with van der Waals surface area (Å²) >= 11 is 1.73. The lowest BCUT2D eigenvalue weighted by Crippen LogP contribution is -2.54. The molecular formula is C24H32O2S. The van der Waals surface area contributed by atoms with Gasteiger partial charge in [0.2, 0.25) is 0 Å². The van der Waals surface area contributed by atoms with Crippen LogP contribution >= 0.6 is 11.3 Å². The second-order valence-electron chi connectivity index (χ2n) is 10.3. The number of hydrogen-bond donors (Lipinski definition) is 1. The molecule has 3 heteroatoms. The van der Waals surface area contributed by atoms with E-state index in [1.165, 1.54) is 30.6 Å². The third-order valence-corrected chi connectivity index (χ3v) is 9.96. The fourth-order valence-electron chi connectivity index (χ4n) is 7.58. The van der Waals surface area contributed by atoms with Gasteiger partial charge in [0.05, 0.1) is 6.10 Å². The summed E-state index contributed by atoms with van der Waals surface area (Å²) in [5.41, 5.74) is 1.32. The quantitative estimate of drug-likeness (QED) is 0.629. The molecule has 0 amide bonds. The molecule has 1 N–H and O–H groups in total. The van der Waals surface area contributed by atoms with Gasteiger partial charge in [-0.2, -0.15) is 0 Å². The predicted molar refractivity (Wildman–Crippen MR) is 110 cm³/mol. The van der Waals surface area contributed by atoms with Crippen molar-refractivity contribution >= 4 is 23.2 Å². The molecule has 27 heavy (non-hydrogen) atoms. The average molecular weight is 385 g/mol. The number of allylic oxidation sites excluding steroid dienone is 1. The summed E-state index contributed by atoms with van der Waals surface area (Å²) in [5.74, 6) is 3.09. The maximum Gasteiger partial charge on any atom is 0.165 e. The Morgan fingerprint density at radius 3 is 2.78 bits per heavy atom. The fourth-order valence-corrected chi connectivity index (χ4v) is 8.26. The Morgan fingerprint density at radius 2 is 2.00 bits per heavy atom.